The first-order chi connectivity index (χ1) is 13.5. The summed E-state index contributed by atoms with van der Waals surface area (Å²) >= 11 is 0. The zero-order valence-electron chi connectivity index (χ0n) is 17.7. The molecule has 4 rings (SSSR count). The molecule has 5 heteroatoms. The first-order valence-corrected chi connectivity index (χ1v) is 10.6. The Labute approximate surface area is 171 Å². The van der Waals surface area contributed by atoms with E-state index in [1.165, 1.54) is 18.1 Å². The van der Waals surface area contributed by atoms with Gasteiger partial charge >= 0.3 is 5.97 Å². The Morgan fingerprint density at radius 2 is 2.03 bits per heavy atom. The summed E-state index contributed by atoms with van der Waals surface area (Å²) in [5, 5.41) is 11.7. The molecule has 4 aliphatic rings. The summed E-state index contributed by atoms with van der Waals surface area (Å²) in [6, 6.07) is 0. The molecule has 29 heavy (non-hydrogen) atoms. The minimum atomic E-state index is -1.51. The van der Waals surface area contributed by atoms with E-state index in [2.05, 4.69) is 13.0 Å². The number of ether oxygens (including phenoxy) is 1. The van der Waals surface area contributed by atoms with E-state index in [1.807, 2.05) is 19.9 Å². The molecular formula is C24H30O5. The van der Waals surface area contributed by atoms with Crippen molar-refractivity contribution in [3.8, 4) is 0 Å². The van der Waals surface area contributed by atoms with Gasteiger partial charge in [-0.1, -0.05) is 37.1 Å². The molecule has 0 bridgehead atoms. The lowest BCUT2D eigenvalue weighted by Crippen LogP contribution is -2.57. The van der Waals surface area contributed by atoms with Gasteiger partial charge in [0, 0.05) is 17.8 Å². The van der Waals surface area contributed by atoms with Crippen LogP contribution in [0.15, 0.2) is 35.5 Å². The largest absolute Gasteiger partial charge is 0.458 e. The van der Waals surface area contributed by atoms with Gasteiger partial charge in [0.1, 0.15) is 5.60 Å². The molecule has 4 aliphatic carbocycles. The van der Waals surface area contributed by atoms with Crippen molar-refractivity contribution in [2.24, 2.45) is 28.6 Å². The number of aliphatic hydroxyl groups is 1. The van der Waals surface area contributed by atoms with Gasteiger partial charge < -0.3 is 9.84 Å². The summed E-state index contributed by atoms with van der Waals surface area (Å²) in [7, 11) is 0. The third kappa shape index (κ3) is 2.66. The fraction of sp³-hybridized carbons (Fsp3) is 0.625. The first kappa shape index (κ1) is 20.3. The van der Waals surface area contributed by atoms with Crippen LogP contribution in [0.5, 0.6) is 0 Å². The Hall–Kier alpha value is -2.01. The summed E-state index contributed by atoms with van der Waals surface area (Å²) in [6.07, 6.45) is 10.8. The molecule has 5 nitrogen and oxygen atoms in total. The van der Waals surface area contributed by atoms with Crippen molar-refractivity contribution in [3.63, 3.8) is 0 Å². The molecule has 0 spiro atoms. The Balaban J connectivity index is 1.71. The molecule has 0 saturated heterocycles. The van der Waals surface area contributed by atoms with Gasteiger partial charge in [0.2, 0.25) is 5.78 Å². The second-order valence-corrected chi connectivity index (χ2v) is 9.75. The molecule has 2 saturated carbocycles. The second-order valence-electron chi connectivity index (χ2n) is 9.75. The molecule has 0 aromatic heterocycles. The molecule has 0 radical (unpaired) electrons. The van der Waals surface area contributed by atoms with Crippen LogP contribution in [0.25, 0.3) is 0 Å². The van der Waals surface area contributed by atoms with Gasteiger partial charge in [-0.05, 0) is 62.5 Å². The average molecular weight is 398 g/mol. The lowest BCUT2D eigenvalue weighted by molar-refractivity contribution is -0.167. The topological polar surface area (TPSA) is 80.7 Å². The van der Waals surface area contributed by atoms with Gasteiger partial charge in [0.05, 0.1) is 0 Å². The van der Waals surface area contributed by atoms with Crippen LogP contribution in [0.3, 0.4) is 0 Å². The highest BCUT2D eigenvalue weighted by atomic mass is 16.5. The van der Waals surface area contributed by atoms with E-state index >= 15 is 0 Å². The maximum atomic E-state index is 13.0. The molecule has 0 amide bonds. The van der Waals surface area contributed by atoms with Crippen LogP contribution in [-0.2, 0) is 19.1 Å². The van der Waals surface area contributed by atoms with E-state index in [-0.39, 0.29) is 35.6 Å². The Morgan fingerprint density at radius 3 is 2.72 bits per heavy atom. The Kier molecular flexibility index (Phi) is 4.54. The fourth-order valence-electron chi connectivity index (χ4n) is 6.74. The summed E-state index contributed by atoms with van der Waals surface area (Å²) in [5.41, 5.74) is 0.145. The monoisotopic (exact) mass is 398 g/mol. The minimum absolute atomic E-state index is 0.0529. The van der Waals surface area contributed by atoms with Gasteiger partial charge in [0.25, 0.3) is 0 Å². The number of carbonyl (C=O) groups is 3. The zero-order chi connectivity index (χ0) is 21.2. The van der Waals surface area contributed by atoms with Gasteiger partial charge in [-0.25, -0.2) is 0 Å². The fourth-order valence-corrected chi connectivity index (χ4v) is 6.74. The van der Waals surface area contributed by atoms with Crippen molar-refractivity contribution >= 4 is 17.5 Å². The van der Waals surface area contributed by atoms with Crippen molar-refractivity contribution < 1.29 is 24.2 Å². The number of rotatable bonds is 3. The number of hydrogen-bond acceptors (Lipinski definition) is 5. The SMILES string of the molecule is CC(=O)OCC(=O)[C@@]1(O)[C@@H](C)C[C@H]2[C@@H]3CCC4=CC(=O)C=C[C@]4(C)C3=CC[C@@]21C. The van der Waals surface area contributed by atoms with Crippen molar-refractivity contribution in [1.29, 1.82) is 0 Å². The standard InChI is InChI=1S/C24H30O5/c1-14-11-20-18-6-5-16-12-17(26)7-9-22(16,3)19(18)8-10-23(20,4)24(14,28)21(27)13-29-15(2)25/h7-9,12,14,18,20,28H,5-6,10-11,13H2,1-4H3/t14-,18+,20-,22-,23-,24-/m0/s1. The summed E-state index contributed by atoms with van der Waals surface area (Å²) in [4.78, 5) is 36.1. The zero-order valence-corrected chi connectivity index (χ0v) is 17.7. The van der Waals surface area contributed by atoms with E-state index in [1.54, 1.807) is 12.2 Å². The highest BCUT2D eigenvalue weighted by Crippen LogP contribution is 2.66. The minimum Gasteiger partial charge on any atom is -0.458 e. The molecule has 0 aliphatic heterocycles. The third-order valence-electron chi connectivity index (χ3n) is 8.36. The van der Waals surface area contributed by atoms with Crippen LogP contribution in [0.1, 0.15) is 53.4 Å². The van der Waals surface area contributed by atoms with Crippen LogP contribution in [-0.4, -0.2) is 34.9 Å². The highest BCUT2D eigenvalue weighted by molar-refractivity contribution is 6.01. The lowest BCUT2D eigenvalue weighted by atomic mass is 9.51. The predicted octanol–water partition coefficient (Wildman–Crippen LogP) is 3.32. The molecule has 0 heterocycles. The van der Waals surface area contributed by atoms with Gasteiger partial charge in [0.15, 0.2) is 12.4 Å². The molecule has 0 aromatic rings. The average Bonchev–Trinajstić information content (AvgIpc) is 2.88. The second kappa shape index (κ2) is 6.49. The summed E-state index contributed by atoms with van der Waals surface area (Å²) in [6.45, 7) is 7.03. The number of allylic oxidation sites excluding steroid dienone is 6. The van der Waals surface area contributed by atoms with Crippen molar-refractivity contribution in [3.05, 3.63) is 35.5 Å². The smallest absolute Gasteiger partial charge is 0.303 e. The maximum Gasteiger partial charge on any atom is 0.303 e. The molecule has 156 valence electrons. The molecular weight excluding hydrogens is 368 g/mol. The van der Waals surface area contributed by atoms with Gasteiger partial charge in [-0.15, -0.1) is 0 Å². The van der Waals surface area contributed by atoms with E-state index in [0.29, 0.717) is 6.42 Å². The van der Waals surface area contributed by atoms with Crippen LogP contribution in [0.2, 0.25) is 0 Å². The highest BCUT2D eigenvalue weighted by Gasteiger charge is 2.67. The van der Waals surface area contributed by atoms with Crippen molar-refractivity contribution in [2.45, 2.75) is 59.0 Å². The van der Waals surface area contributed by atoms with Crippen LogP contribution >= 0.6 is 0 Å². The van der Waals surface area contributed by atoms with Crippen LogP contribution in [0.4, 0.5) is 0 Å². The molecule has 6 atom stereocenters. The lowest BCUT2D eigenvalue weighted by Gasteiger charge is -2.53. The van der Waals surface area contributed by atoms with E-state index in [9.17, 15) is 19.5 Å². The molecule has 1 N–H and O–H groups in total. The maximum absolute atomic E-state index is 13.0. The first-order valence-electron chi connectivity index (χ1n) is 10.6. The van der Waals surface area contributed by atoms with Crippen LogP contribution < -0.4 is 0 Å². The quantitative estimate of drug-likeness (QED) is 0.583. The number of ketones is 2. The number of carbonyl (C=O) groups excluding carboxylic acids is 3. The van der Waals surface area contributed by atoms with Crippen molar-refractivity contribution in [2.75, 3.05) is 6.61 Å². The molecule has 0 aromatic carbocycles. The van der Waals surface area contributed by atoms with E-state index < -0.39 is 22.8 Å². The predicted molar refractivity (Wildman–Crippen MR) is 108 cm³/mol. The Morgan fingerprint density at radius 1 is 1.31 bits per heavy atom. The van der Waals surface area contributed by atoms with Crippen molar-refractivity contribution in [1.82, 2.24) is 0 Å². The van der Waals surface area contributed by atoms with E-state index in [4.69, 9.17) is 4.74 Å². The Bertz CT molecular complexity index is 880. The number of Topliss-reactive ketones (excluding diaryl/α,β-unsaturated/α-hetero) is 1. The molecule has 2 fully saturated rings. The third-order valence-corrected chi connectivity index (χ3v) is 8.36. The van der Waals surface area contributed by atoms with E-state index in [0.717, 1.165) is 19.3 Å². The van der Waals surface area contributed by atoms with Crippen LogP contribution in [0, 0.1) is 28.6 Å². The van der Waals surface area contributed by atoms with Gasteiger partial charge in [-0.2, -0.15) is 0 Å². The number of hydrogen-bond donors (Lipinski definition) is 1. The number of fused-ring (bicyclic) bond motifs is 5. The summed E-state index contributed by atoms with van der Waals surface area (Å²) < 4.78 is 4.95. The normalized spacial score (nSPS) is 42.9. The summed E-state index contributed by atoms with van der Waals surface area (Å²) in [5.74, 6) is -0.621. The van der Waals surface area contributed by atoms with Gasteiger partial charge in [-0.3, -0.25) is 14.4 Å². The molecule has 0 unspecified atom stereocenters. The number of esters is 1.